The highest BCUT2D eigenvalue weighted by Crippen LogP contribution is 2.68. The van der Waals surface area contributed by atoms with Gasteiger partial charge in [-0.05, 0) is 105 Å². The van der Waals surface area contributed by atoms with Crippen molar-refractivity contribution in [2.45, 2.75) is 110 Å². The van der Waals surface area contributed by atoms with Gasteiger partial charge < -0.3 is 10.2 Å². The Hall–Kier alpha value is -1.38. The van der Waals surface area contributed by atoms with Crippen molar-refractivity contribution < 1.29 is 10.2 Å². The van der Waals surface area contributed by atoms with E-state index in [4.69, 9.17) is 5.26 Å². The summed E-state index contributed by atoms with van der Waals surface area (Å²) < 4.78 is 1.75. The van der Waals surface area contributed by atoms with Gasteiger partial charge in [-0.1, -0.05) is 27.2 Å². The molecule has 4 saturated carbocycles. The third kappa shape index (κ3) is 3.76. The largest absolute Gasteiger partial charge is 0.391 e. The molecule has 0 unspecified atom stereocenters. The molecule has 1 aromatic heterocycles. The van der Waals surface area contributed by atoms with Crippen LogP contribution in [0, 0.1) is 51.8 Å². The Bertz CT molecular complexity index is 907. The minimum atomic E-state index is -0.421. The molecule has 33 heavy (non-hydrogen) atoms. The molecule has 0 spiro atoms. The van der Waals surface area contributed by atoms with E-state index in [1.54, 1.807) is 17.1 Å². The summed E-state index contributed by atoms with van der Waals surface area (Å²) in [7, 11) is 0. The van der Waals surface area contributed by atoms with E-state index in [0.29, 0.717) is 35.3 Å². The fourth-order valence-electron chi connectivity index (χ4n) is 9.53. The number of hydrogen-bond donors (Lipinski definition) is 2. The van der Waals surface area contributed by atoms with Crippen molar-refractivity contribution in [3.8, 4) is 6.07 Å². The molecule has 0 aromatic carbocycles. The normalized spacial score (nSPS) is 45.5. The van der Waals surface area contributed by atoms with Gasteiger partial charge in [0.25, 0.3) is 0 Å². The summed E-state index contributed by atoms with van der Waals surface area (Å²) in [5.74, 6) is 3.24. The molecule has 9 atom stereocenters. The van der Waals surface area contributed by atoms with Crippen molar-refractivity contribution in [1.82, 2.24) is 9.78 Å². The van der Waals surface area contributed by atoms with Gasteiger partial charge in [-0.3, -0.25) is 4.68 Å². The molecule has 5 heteroatoms. The Morgan fingerprint density at radius 1 is 1.12 bits per heavy atom. The van der Waals surface area contributed by atoms with Crippen LogP contribution in [0.25, 0.3) is 0 Å². The van der Waals surface area contributed by atoms with Gasteiger partial charge in [0.1, 0.15) is 6.07 Å². The lowest BCUT2D eigenvalue weighted by Gasteiger charge is -2.62. The van der Waals surface area contributed by atoms with Crippen LogP contribution in [0.3, 0.4) is 0 Å². The van der Waals surface area contributed by atoms with E-state index < -0.39 is 11.7 Å². The maximum atomic E-state index is 11.3. The number of nitrogens with zero attached hydrogens (tertiary/aromatic N) is 3. The SMILES string of the molecule is CCC[C@@]1(O)CC[C@@]2(C)[C@H](CC[C@@H]3[C@@H]2CC[C@]2(C)[C@@H]([C@@H](O)Cn4cc(C#N)cn4)CC[C@@H]32)C1. The van der Waals surface area contributed by atoms with Gasteiger partial charge in [-0.15, -0.1) is 0 Å². The second-order valence-electron chi connectivity index (χ2n) is 12.7. The van der Waals surface area contributed by atoms with E-state index in [9.17, 15) is 10.2 Å². The number of hydrogen-bond acceptors (Lipinski definition) is 4. The molecule has 0 bridgehead atoms. The molecular weight excluding hydrogens is 410 g/mol. The highest BCUT2D eigenvalue weighted by atomic mass is 16.3. The van der Waals surface area contributed by atoms with E-state index in [1.807, 2.05) is 0 Å². The van der Waals surface area contributed by atoms with Gasteiger partial charge in [0.05, 0.1) is 30.0 Å². The Morgan fingerprint density at radius 2 is 1.91 bits per heavy atom. The molecule has 4 aliphatic rings. The minimum Gasteiger partial charge on any atom is -0.391 e. The zero-order valence-corrected chi connectivity index (χ0v) is 20.8. The van der Waals surface area contributed by atoms with Crippen LogP contribution in [0.1, 0.15) is 97.0 Å². The standard InChI is InChI=1S/C28H43N3O2/c1-4-10-28(33)13-12-26(2)20(14-28)5-6-21-22-7-8-24(27(22,3)11-9-23(21)26)25(32)18-31-17-19(15-29)16-30-31/h16-17,20-25,32-33H,4-14,18H2,1-3H3/t20-,21+,22+,23+,24-,25+,26+,27+,28-/m1/s1. The van der Waals surface area contributed by atoms with Gasteiger partial charge in [-0.25, -0.2) is 0 Å². The van der Waals surface area contributed by atoms with Crippen LogP contribution in [0.2, 0.25) is 0 Å². The third-order valence-electron chi connectivity index (χ3n) is 11.2. The van der Waals surface area contributed by atoms with Crippen LogP contribution in [0.15, 0.2) is 12.4 Å². The molecule has 0 amide bonds. The third-order valence-corrected chi connectivity index (χ3v) is 11.2. The molecule has 5 rings (SSSR count). The molecule has 0 saturated heterocycles. The van der Waals surface area contributed by atoms with E-state index in [-0.39, 0.29) is 5.41 Å². The molecule has 4 aliphatic carbocycles. The van der Waals surface area contributed by atoms with Gasteiger partial charge in [0, 0.05) is 6.20 Å². The highest BCUT2D eigenvalue weighted by Gasteiger charge is 2.61. The van der Waals surface area contributed by atoms with Gasteiger partial charge in [0.2, 0.25) is 0 Å². The van der Waals surface area contributed by atoms with Crippen LogP contribution in [0.5, 0.6) is 0 Å². The average molecular weight is 454 g/mol. The maximum absolute atomic E-state index is 11.3. The summed E-state index contributed by atoms with van der Waals surface area (Å²) in [6.45, 7) is 7.71. The van der Waals surface area contributed by atoms with Crippen molar-refractivity contribution in [3.05, 3.63) is 18.0 Å². The Balaban J connectivity index is 1.31. The van der Waals surface area contributed by atoms with E-state index in [1.165, 1.54) is 38.5 Å². The summed E-state index contributed by atoms with van der Waals surface area (Å²) in [4.78, 5) is 0. The highest BCUT2D eigenvalue weighted by molar-refractivity contribution is 5.21. The summed E-state index contributed by atoms with van der Waals surface area (Å²) in [5.41, 5.74) is 0.715. The van der Waals surface area contributed by atoms with Crippen molar-refractivity contribution in [2.24, 2.45) is 40.4 Å². The predicted molar refractivity (Wildman–Crippen MR) is 128 cm³/mol. The van der Waals surface area contributed by atoms with Crippen LogP contribution < -0.4 is 0 Å². The number of aromatic nitrogens is 2. The lowest BCUT2D eigenvalue weighted by molar-refractivity contribution is -0.156. The molecule has 4 fully saturated rings. The molecule has 1 heterocycles. The number of aliphatic hydroxyl groups is 2. The monoisotopic (exact) mass is 453 g/mol. The Morgan fingerprint density at radius 3 is 2.64 bits per heavy atom. The van der Waals surface area contributed by atoms with Crippen LogP contribution >= 0.6 is 0 Å². The Labute approximate surface area is 199 Å². The van der Waals surface area contributed by atoms with Crippen molar-refractivity contribution in [3.63, 3.8) is 0 Å². The zero-order chi connectivity index (χ0) is 23.4. The first-order valence-electron chi connectivity index (χ1n) is 13.6. The number of rotatable bonds is 5. The van der Waals surface area contributed by atoms with E-state index >= 15 is 0 Å². The van der Waals surface area contributed by atoms with Crippen LogP contribution in [-0.2, 0) is 6.54 Å². The fourth-order valence-corrected chi connectivity index (χ4v) is 9.53. The summed E-state index contributed by atoms with van der Waals surface area (Å²) in [5, 5.41) is 35.8. The smallest absolute Gasteiger partial charge is 0.102 e. The molecule has 2 N–H and O–H groups in total. The summed E-state index contributed by atoms with van der Waals surface area (Å²) in [6.07, 6.45) is 15.6. The molecule has 0 radical (unpaired) electrons. The van der Waals surface area contributed by atoms with Crippen LogP contribution in [0.4, 0.5) is 0 Å². The van der Waals surface area contributed by atoms with Gasteiger partial charge in [0.15, 0.2) is 0 Å². The van der Waals surface area contributed by atoms with Crippen molar-refractivity contribution in [1.29, 1.82) is 5.26 Å². The number of fused-ring (bicyclic) bond motifs is 5. The van der Waals surface area contributed by atoms with Crippen molar-refractivity contribution in [2.75, 3.05) is 0 Å². The Kier molecular flexibility index (Phi) is 5.93. The zero-order valence-electron chi connectivity index (χ0n) is 20.8. The summed E-state index contributed by atoms with van der Waals surface area (Å²) >= 11 is 0. The molecule has 1 aromatic rings. The average Bonchev–Trinajstić information content (AvgIpc) is 3.38. The van der Waals surface area contributed by atoms with E-state index in [0.717, 1.165) is 43.9 Å². The molecular formula is C28H43N3O2. The second-order valence-corrected chi connectivity index (χ2v) is 12.7. The fraction of sp³-hybridized carbons (Fsp3) is 0.857. The second kappa shape index (κ2) is 8.38. The molecule has 0 aliphatic heterocycles. The van der Waals surface area contributed by atoms with E-state index in [2.05, 4.69) is 31.9 Å². The van der Waals surface area contributed by atoms with Crippen molar-refractivity contribution >= 4 is 0 Å². The van der Waals surface area contributed by atoms with Gasteiger partial charge in [-0.2, -0.15) is 10.4 Å². The number of aliphatic hydroxyl groups excluding tert-OH is 1. The topological polar surface area (TPSA) is 82.1 Å². The number of nitriles is 1. The molecule has 182 valence electrons. The van der Waals surface area contributed by atoms with Gasteiger partial charge >= 0.3 is 0 Å². The van der Waals surface area contributed by atoms with Crippen LogP contribution in [-0.4, -0.2) is 31.7 Å². The minimum absolute atomic E-state index is 0.201. The molecule has 5 nitrogen and oxygen atoms in total. The predicted octanol–water partition coefficient (Wildman–Crippen LogP) is 5.31. The quantitative estimate of drug-likeness (QED) is 0.633. The lowest BCUT2D eigenvalue weighted by Crippen LogP contribution is -2.56. The summed E-state index contributed by atoms with van der Waals surface area (Å²) in [6, 6.07) is 2.13. The first kappa shape index (κ1) is 23.4. The first-order chi connectivity index (χ1) is 15.7. The lowest BCUT2D eigenvalue weighted by atomic mass is 9.43. The maximum Gasteiger partial charge on any atom is 0.102 e. The first-order valence-corrected chi connectivity index (χ1v) is 13.6.